The van der Waals surface area contributed by atoms with Crippen molar-refractivity contribution >= 4 is 23.4 Å². The van der Waals surface area contributed by atoms with Crippen molar-refractivity contribution in [2.45, 2.75) is 62.0 Å². The van der Waals surface area contributed by atoms with Gasteiger partial charge in [0.2, 0.25) is 0 Å². The Kier molecular flexibility index (Phi) is 10.2. The van der Waals surface area contributed by atoms with Gasteiger partial charge in [-0.05, 0) is 69.1 Å². The van der Waals surface area contributed by atoms with Crippen LogP contribution in [0.2, 0.25) is 0 Å². The zero-order valence-corrected chi connectivity index (χ0v) is 24.9. The van der Waals surface area contributed by atoms with Crippen LogP contribution in [0.25, 0.3) is 0 Å². The molecule has 2 saturated heterocycles. The minimum atomic E-state index is -0.0876. The van der Waals surface area contributed by atoms with E-state index in [-0.39, 0.29) is 12.0 Å². The molecule has 1 atom stereocenters. The average molecular weight is 558 g/mol. The van der Waals surface area contributed by atoms with Gasteiger partial charge in [-0.15, -0.1) is 0 Å². The molecule has 5 rings (SSSR count). The number of piperidine rings is 1. The molecule has 0 amide bonds. The fourth-order valence-corrected chi connectivity index (χ4v) is 6.93. The highest BCUT2D eigenvalue weighted by Crippen LogP contribution is 2.37. The molecule has 0 N–H and O–H groups in total. The van der Waals surface area contributed by atoms with Gasteiger partial charge >= 0.3 is 5.97 Å². The number of aryl methyl sites for hydroxylation is 2. The number of ether oxygens (including phenoxy) is 1. The van der Waals surface area contributed by atoms with Crippen LogP contribution in [0.1, 0.15) is 42.4 Å². The molecule has 5 nitrogen and oxygen atoms in total. The van der Waals surface area contributed by atoms with Crippen LogP contribution in [0.15, 0.2) is 82.6 Å². The number of piperazine rings is 1. The number of rotatable bonds is 10. The number of nitrogens with zero attached hydrogens (tertiary/aromatic N) is 3. The lowest BCUT2D eigenvalue weighted by Crippen LogP contribution is -2.53. The number of anilines is 1. The monoisotopic (exact) mass is 557 g/mol. The highest BCUT2D eigenvalue weighted by molar-refractivity contribution is 7.99. The summed E-state index contributed by atoms with van der Waals surface area (Å²) < 4.78 is 5.70. The molecule has 1 unspecified atom stereocenters. The molecule has 0 bridgehead atoms. The van der Waals surface area contributed by atoms with Crippen molar-refractivity contribution < 1.29 is 9.53 Å². The minimum absolute atomic E-state index is 0.0876. The van der Waals surface area contributed by atoms with Crippen molar-refractivity contribution in [3.05, 3.63) is 89.5 Å². The predicted molar refractivity (Wildman–Crippen MR) is 165 cm³/mol. The molecular weight excluding hydrogens is 514 g/mol. The molecule has 3 aromatic carbocycles. The van der Waals surface area contributed by atoms with Gasteiger partial charge in [0.25, 0.3) is 0 Å². The molecule has 3 aromatic rings. The predicted octanol–water partition coefficient (Wildman–Crippen LogP) is 6.56. The van der Waals surface area contributed by atoms with E-state index in [1.54, 1.807) is 0 Å². The lowest BCUT2D eigenvalue weighted by Gasteiger charge is -2.41. The van der Waals surface area contributed by atoms with Crippen LogP contribution in [0, 0.1) is 13.8 Å². The quantitative estimate of drug-likeness (QED) is 0.263. The molecule has 40 heavy (non-hydrogen) atoms. The largest absolute Gasteiger partial charge is 0.461 e. The maximum Gasteiger partial charge on any atom is 0.307 e. The van der Waals surface area contributed by atoms with Gasteiger partial charge < -0.3 is 9.64 Å². The Bertz CT molecular complexity index is 1240. The summed E-state index contributed by atoms with van der Waals surface area (Å²) in [5, 5.41) is 0. The number of hydrogen-bond acceptors (Lipinski definition) is 6. The zero-order chi connectivity index (χ0) is 27.7. The van der Waals surface area contributed by atoms with Crippen molar-refractivity contribution in [2.75, 3.05) is 50.7 Å². The molecule has 0 spiro atoms. The van der Waals surface area contributed by atoms with Gasteiger partial charge in [0, 0.05) is 48.6 Å². The van der Waals surface area contributed by atoms with E-state index in [1.807, 2.05) is 42.1 Å². The molecule has 0 saturated carbocycles. The molecule has 0 aromatic heterocycles. The van der Waals surface area contributed by atoms with Crippen molar-refractivity contribution in [3.8, 4) is 0 Å². The van der Waals surface area contributed by atoms with Gasteiger partial charge in [0.15, 0.2) is 0 Å². The third-order valence-corrected chi connectivity index (χ3v) is 9.39. The van der Waals surface area contributed by atoms with E-state index in [0.29, 0.717) is 13.0 Å². The average Bonchev–Trinajstić information content (AvgIpc) is 2.99. The van der Waals surface area contributed by atoms with Crippen LogP contribution in [-0.2, 0) is 16.1 Å². The van der Waals surface area contributed by atoms with Gasteiger partial charge in [0.1, 0.15) is 6.61 Å². The maximum atomic E-state index is 12.9. The SMILES string of the molecule is Cc1ccc(Sc2ccccc2N2CCN(CC(CC(=O)OCc3ccccc3)N3CCCCC3)CC2)c(C)c1. The first-order valence-electron chi connectivity index (χ1n) is 14.8. The molecular formula is C34H43N3O2S. The number of carbonyl (C=O) groups is 1. The second-order valence-electron chi connectivity index (χ2n) is 11.2. The van der Waals surface area contributed by atoms with E-state index >= 15 is 0 Å². The van der Waals surface area contributed by atoms with Crippen molar-refractivity contribution in [1.29, 1.82) is 0 Å². The summed E-state index contributed by atoms with van der Waals surface area (Å²) in [5.41, 5.74) is 5.00. The molecule has 0 aliphatic carbocycles. The molecule has 0 radical (unpaired) electrons. The number of para-hydroxylation sites is 1. The number of benzene rings is 3. The van der Waals surface area contributed by atoms with Crippen molar-refractivity contribution in [3.63, 3.8) is 0 Å². The van der Waals surface area contributed by atoms with E-state index in [9.17, 15) is 4.79 Å². The Balaban J connectivity index is 1.18. The third kappa shape index (κ3) is 7.90. The molecule has 212 valence electrons. The molecule has 6 heteroatoms. The van der Waals surface area contributed by atoms with Crippen LogP contribution >= 0.6 is 11.8 Å². The van der Waals surface area contributed by atoms with Crippen LogP contribution in [0.4, 0.5) is 5.69 Å². The standard InChI is InChI=1S/C34H43N3O2S/c1-27-15-16-32(28(2)23-27)40-33-14-8-7-13-31(33)37-21-19-35(20-22-37)25-30(36-17-9-4-10-18-36)24-34(38)39-26-29-11-5-3-6-12-29/h3,5-8,11-16,23,30H,4,9-10,17-22,24-26H2,1-2H3. The first kappa shape index (κ1) is 28.7. The van der Waals surface area contributed by atoms with E-state index in [1.165, 1.54) is 45.9 Å². The minimum Gasteiger partial charge on any atom is -0.461 e. The second kappa shape index (κ2) is 14.2. The van der Waals surface area contributed by atoms with Gasteiger partial charge in [0.05, 0.1) is 12.1 Å². The summed E-state index contributed by atoms with van der Waals surface area (Å²) in [4.78, 5) is 23.2. The highest BCUT2D eigenvalue weighted by Gasteiger charge is 2.28. The first-order chi connectivity index (χ1) is 19.5. The maximum absolute atomic E-state index is 12.9. The second-order valence-corrected chi connectivity index (χ2v) is 12.3. The van der Waals surface area contributed by atoms with Gasteiger partial charge in [-0.2, -0.15) is 0 Å². The highest BCUT2D eigenvalue weighted by atomic mass is 32.2. The number of esters is 1. The topological polar surface area (TPSA) is 36.0 Å². The van der Waals surface area contributed by atoms with Crippen molar-refractivity contribution in [2.24, 2.45) is 0 Å². The smallest absolute Gasteiger partial charge is 0.307 e. The lowest BCUT2D eigenvalue weighted by atomic mass is 10.0. The van der Waals surface area contributed by atoms with E-state index < -0.39 is 0 Å². The fourth-order valence-electron chi connectivity index (χ4n) is 5.89. The fraction of sp³-hybridized carbons (Fsp3) is 0.441. The zero-order valence-electron chi connectivity index (χ0n) is 24.1. The van der Waals surface area contributed by atoms with Crippen LogP contribution in [0.3, 0.4) is 0 Å². The Morgan fingerprint density at radius 1 is 0.825 bits per heavy atom. The number of hydrogen-bond donors (Lipinski definition) is 0. The van der Waals surface area contributed by atoms with Gasteiger partial charge in [-0.1, -0.05) is 78.3 Å². The van der Waals surface area contributed by atoms with Crippen LogP contribution < -0.4 is 4.90 Å². The van der Waals surface area contributed by atoms with Crippen molar-refractivity contribution in [1.82, 2.24) is 9.80 Å². The summed E-state index contributed by atoms with van der Waals surface area (Å²) >= 11 is 1.87. The third-order valence-electron chi connectivity index (χ3n) is 8.15. The van der Waals surface area contributed by atoms with Gasteiger partial charge in [-0.25, -0.2) is 0 Å². The lowest BCUT2D eigenvalue weighted by molar-refractivity contribution is -0.146. The van der Waals surface area contributed by atoms with E-state index in [4.69, 9.17) is 4.74 Å². The summed E-state index contributed by atoms with van der Waals surface area (Å²) in [6.07, 6.45) is 4.19. The molecule has 2 fully saturated rings. The Morgan fingerprint density at radius 3 is 2.30 bits per heavy atom. The Hall–Kier alpha value is -2.80. The summed E-state index contributed by atoms with van der Waals surface area (Å²) in [7, 11) is 0. The van der Waals surface area contributed by atoms with Crippen LogP contribution in [0.5, 0.6) is 0 Å². The Morgan fingerprint density at radius 2 is 1.55 bits per heavy atom. The normalized spacial score (nSPS) is 17.5. The van der Waals surface area contributed by atoms with Gasteiger partial charge in [-0.3, -0.25) is 14.6 Å². The van der Waals surface area contributed by atoms with Crippen LogP contribution in [-0.4, -0.2) is 67.6 Å². The van der Waals surface area contributed by atoms with E-state index in [2.05, 4.69) is 71.0 Å². The molecule has 2 aliphatic heterocycles. The first-order valence-corrected chi connectivity index (χ1v) is 15.6. The number of carbonyl (C=O) groups excluding carboxylic acids is 1. The molecule has 2 aliphatic rings. The summed E-state index contributed by atoms with van der Waals surface area (Å²) in [6, 6.07) is 25.7. The number of likely N-dealkylation sites (tertiary alicyclic amines) is 1. The summed E-state index contributed by atoms with van der Waals surface area (Å²) in [5.74, 6) is -0.0876. The Labute approximate surface area is 244 Å². The molecule has 2 heterocycles. The van der Waals surface area contributed by atoms with E-state index in [0.717, 1.165) is 51.4 Å². The summed E-state index contributed by atoms with van der Waals surface area (Å²) in [6.45, 7) is 11.8.